The van der Waals surface area contributed by atoms with Crippen molar-refractivity contribution in [1.82, 2.24) is 23.9 Å². The molecule has 0 radical (unpaired) electrons. The van der Waals surface area contributed by atoms with E-state index < -0.39 is 10.0 Å². The maximum Gasteiger partial charge on any atom is 0.266 e. The number of aromatic nitrogens is 4. The van der Waals surface area contributed by atoms with Crippen LogP contribution in [0.4, 0.5) is 4.39 Å². The van der Waals surface area contributed by atoms with Gasteiger partial charge < -0.3 is 0 Å². The molecule has 158 valence electrons. The van der Waals surface area contributed by atoms with Gasteiger partial charge in [0, 0.05) is 44.5 Å². The molecule has 1 aliphatic heterocycles. The van der Waals surface area contributed by atoms with E-state index in [1.165, 1.54) is 44.3 Å². The molecule has 0 aliphatic carbocycles. The summed E-state index contributed by atoms with van der Waals surface area (Å²) < 4.78 is 42.9. The Morgan fingerprint density at radius 1 is 1.10 bits per heavy atom. The third kappa shape index (κ3) is 4.19. The Morgan fingerprint density at radius 3 is 2.43 bits per heavy atom. The van der Waals surface area contributed by atoms with Crippen LogP contribution in [0.5, 0.6) is 0 Å². The quantitative estimate of drug-likeness (QED) is 0.615. The fraction of sp³-hybridized carbons (Fsp3) is 0.350. The number of benzene rings is 1. The topological polar surface area (TPSA) is 90.1 Å². The highest BCUT2D eigenvalue weighted by Gasteiger charge is 2.30. The zero-order valence-corrected chi connectivity index (χ0v) is 17.3. The van der Waals surface area contributed by atoms with E-state index in [0.29, 0.717) is 38.2 Å². The summed E-state index contributed by atoms with van der Waals surface area (Å²) in [5, 5.41) is 8.36. The minimum Gasteiger partial charge on any atom is -0.274 e. The summed E-state index contributed by atoms with van der Waals surface area (Å²) in [6.45, 7) is 1.18. The lowest BCUT2D eigenvalue weighted by Gasteiger charge is -2.30. The molecule has 0 unspecified atom stereocenters. The molecule has 10 heteroatoms. The fourth-order valence-electron chi connectivity index (χ4n) is 3.61. The van der Waals surface area contributed by atoms with Gasteiger partial charge in [-0.3, -0.25) is 9.48 Å². The molecule has 1 aromatic carbocycles. The molecule has 3 aromatic rings. The van der Waals surface area contributed by atoms with Crippen LogP contribution in [0.2, 0.25) is 0 Å². The third-order valence-electron chi connectivity index (χ3n) is 5.33. The molecule has 1 saturated heterocycles. The van der Waals surface area contributed by atoms with Crippen molar-refractivity contribution in [2.24, 2.45) is 13.0 Å². The van der Waals surface area contributed by atoms with Crippen LogP contribution in [-0.4, -0.2) is 45.4 Å². The number of sulfonamides is 1. The Bertz CT molecular complexity index is 1200. The largest absolute Gasteiger partial charge is 0.274 e. The first-order valence-corrected chi connectivity index (χ1v) is 11.1. The Hall–Kier alpha value is -2.85. The zero-order valence-electron chi connectivity index (χ0n) is 16.5. The SMILES string of the molecule is Cn1cc(S(=O)(=O)N2CCC(Cn3nc(-c4ccc(F)cc4)ccc3=O)CC2)cn1. The summed E-state index contributed by atoms with van der Waals surface area (Å²) in [4.78, 5) is 12.5. The lowest BCUT2D eigenvalue weighted by atomic mass is 9.98. The van der Waals surface area contributed by atoms with Crippen LogP contribution in [0.25, 0.3) is 11.3 Å². The van der Waals surface area contributed by atoms with Crippen molar-refractivity contribution >= 4 is 10.0 Å². The first-order chi connectivity index (χ1) is 14.3. The van der Waals surface area contributed by atoms with Crippen molar-refractivity contribution in [3.05, 3.63) is 65.0 Å². The van der Waals surface area contributed by atoms with Crippen LogP contribution >= 0.6 is 0 Å². The molecule has 2 aromatic heterocycles. The smallest absolute Gasteiger partial charge is 0.266 e. The van der Waals surface area contributed by atoms with E-state index in [2.05, 4.69) is 10.2 Å². The molecule has 0 amide bonds. The number of hydrogen-bond acceptors (Lipinski definition) is 5. The normalized spacial score (nSPS) is 16.1. The highest BCUT2D eigenvalue weighted by atomic mass is 32.2. The monoisotopic (exact) mass is 431 g/mol. The van der Waals surface area contributed by atoms with Gasteiger partial charge in [0.05, 0.1) is 11.9 Å². The minimum atomic E-state index is -3.56. The predicted molar refractivity (Wildman–Crippen MR) is 109 cm³/mol. The van der Waals surface area contributed by atoms with E-state index in [0.717, 1.165) is 5.56 Å². The maximum atomic E-state index is 13.2. The van der Waals surface area contributed by atoms with Gasteiger partial charge in [0.2, 0.25) is 10.0 Å². The van der Waals surface area contributed by atoms with E-state index in [1.807, 2.05) is 0 Å². The first-order valence-electron chi connectivity index (χ1n) is 9.66. The number of halogens is 1. The van der Waals surface area contributed by atoms with Crippen LogP contribution in [-0.2, 0) is 23.6 Å². The van der Waals surface area contributed by atoms with Crippen LogP contribution in [0.3, 0.4) is 0 Å². The van der Waals surface area contributed by atoms with Crippen LogP contribution in [0.15, 0.2) is 58.5 Å². The van der Waals surface area contributed by atoms with Gasteiger partial charge >= 0.3 is 0 Å². The van der Waals surface area contributed by atoms with Crippen molar-refractivity contribution in [3.63, 3.8) is 0 Å². The molecule has 1 fully saturated rings. The molecule has 8 nitrogen and oxygen atoms in total. The lowest BCUT2D eigenvalue weighted by molar-refractivity contribution is 0.244. The van der Waals surface area contributed by atoms with Gasteiger partial charge in [-0.05, 0) is 49.1 Å². The van der Waals surface area contributed by atoms with E-state index >= 15 is 0 Å². The molecule has 3 heterocycles. The van der Waals surface area contributed by atoms with Gasteiger partial charge in [0.1, 0.15) is 10.7 Å². The Kier molecular flexibility index (Phi) is 5.52. The molecule has 4 rings (SSSR count). The molecule has 0 saturated carbocycles. The average Bonchev–Trinajstić information content (AvgIpc) is 3.18. The van der Waals surface area contributed by atoms with Gasteiger partial charge in [-0.15, -0.1) is 0 Å². The van der Waals surface area contributed by atoms with Crippen molar-refractivity contribution in [2.75, 3.05) is 13.1 Å². The summed E-state index contributed by atoms with van der Waals surface area (Å²) in [7, 11) is -1.88. The van der Waals surface area contributed by atoms with Gasteiger partial charge in [0.25, 0.3) is 5.56 Å². The zero-order chi connectivity index (χ0) is 21.3. The summed E-state index contributed by atoms with van der Waals surface area (Å²) in [6.07, 6.45) is 4.11. The Morgan fingerprint density at radius 2 is 1.80 bits per heavy atom. The highest BCUT2D eigenvalue weighted by molar-refractivity contribution is 7.89. The van der Waals surface area contributed by atoms with Crippen LogP contribution in [0.1, 0.15) is 12.8 Å². The summed E-state index contributed by atoms with van der Waals surface area (Å²) in [6, 6.07) is 9.01. The van der Waals surface area contributed by atoms with Crippen molar-refractivity contribution in [2.45, 2.75) is 24.3 Å². The fourth-order valence-corrected chi connectivity index (χ4v) is 5.07. The predicted octanol–water partition coefficient (Wildman–Crippen LogP) is 1.88. The van der Waals surface area contributed by atoms with E-state index in [9.17, 15) is 17.6 Å². The molecule has 30 heavy (non-hydrogen) atoms. The summed E-state index contributed by atoms with van der Waals surface area (Å²) >= 11 is 0. The number of aryl methyl sites for hydroxylation is 1. The Labute approximate surface area is 173 Å². The van der Waals surface area contributed by atoms with Gasteiger partial charge in [-0.2, -0.15) is 14.5 Å². The van der Waals surface area contributed by atoms with Crippen LogP contribution in [0, 0.1) is 11.7 Å². The maximum absolute atomic E-state index is 13.2. The number of rotatable bonds is 5. The van der Waals surface area contributed by atoms with Gasteiger partial charge in [-0.1, -0.05) is 0 Å². The Balaban J connectivity index is 1.44. The molecule has 1 aliphatic rings. The average molecular weight is 431 g/mol. The molecule has 0 spiro atoms. The molecule has 0 N–H and O–H groups in total. The van der Waals surface area contributed by atoms with Gasteiger partial charge in [-0.25, -0.2) is 17.5 Å². The van der Waals surface area contributed by atoms with E-state index in [-0.39, 0.29) is 22.2 Å². The third-order valence-corrected chi connectivity index (χ3v) is 7.18. The second-order valence-electron chi connectivity index (χ2n) is 7.44. The molecular weight excluding hydrogens is 409 g/mol. The second-order valence-corrected chi connectivity index (χ2v) is 9.38. The lowest BCUT2D eigenvalue weighted by Crippen LogP contribution is -2.40. The molecule has 0 atom stereocenters. The van der Waals surface area contributed by atoms with E-state index in [4.69, 9.17) is 0 Å². The number of piperidine rings is 1. The first kappa shape index (κ1) is 20.4. The second kappa shape index (κ2) is 8.11. The summed E-state index contributed by atoms with van der Waals surface area (Å²) in [5.41, 5.74) is 1.10. The molecule has 0 bridgehead atoms. The van der Waals surface area contributed by atoms with E-state index in [1.54, 1.807) is 25.2 Å². The highest BCUT2D eigenvalue weighted by Crippen LogP contribution is 2.24. The van der Waals surface area contributed by atoms with Crippen molar-refractivity contribution in [1.29, 1.82) is 0 Å². The number of hydrogen-bond donors (Lipinski definition) is 0. The van der Waals surface area contributed by atoms with Crippen molar-refractivity contribution < 1.29 is 12.8 Å². The standard InChI is InChI=1S/C20H22FN5O3S/c1-24-14-18(12-22-24)30(28,29)25-10-8-15(9-11-25)13-26-20(27)7-6-19(23-26)16-2-4-17(21)5-3-16/h2-7,12,14-15H,8-11,13H2,1H3. The van der Waals surface area contributed by atoms with Gasteiger partial charge in [0.15, 0.2) is 0 Å². The minimum absolute atomic E-state index is 0.138. The number of nitrogens with zero attached hydrogens (tertiary/aromatic N) is 5. The summed E-state index contributed by atoms with van der Waals surface area (Å²) in [5.74, 6) is -0.195. The van der Waals surface area contributed by atoms with Crippen molar-refractivity contribution in [3.8, 4) is 11.3 Å². The van der Waals surface area contributed by atoms with Crippen LogP contribution < -0.4 is 5.56 Å². The molecular formula is C20H22FN5O3S.